The Morgan fingerprint density at radius 3 is 2.11 bits per heavy atom. The van der Waals surface area contributed by atoms with E-state index in [1.165, 1.54) is 39.0 Å². The SMILES string of the molecule is CC1=Cc2cc(C)ccc2C1c1cc(C)cc(C)c1. The first kappa shape index (κ1) is 12.2. The van der Waals surface area contributed by atoms with E-state index >= 15 is 0 Å². The third kappa shape index (κ3) is 2.12. The second-order valence-electron chi connectivity index (χ2n) is 5.87. The summed E-state index contributed by atoms with van der Waals surface area (Å²) in [5, 5.41) is 0. The summed E-state index contributed by atoms with van der Waals surface area (Å²) in [6.07, 6.45) is 2.34. The molecule has 19 heavy (non-hydrogen) atoms. The zero-order valence-corrected chi connectivity index (χ0v) is 12.1. The van der Waals surface area contributed by atoms with E-state index in [9.17, 15) is 0 Å². The van der Waals surface area contributed by atoms with Crippen molar-refractivity contribution in [1.29, 1.82) is 0 Å². The molecule has 1 atom stereocenters. The Morgan fingerprint density at radius 2 is 1.42 bits per heavy atom. The Bertz CT molecular complexity index is 654. The highest BCUT2D eigenvalue weighted by atomic mass is 14.3. The van der Waals surface area contributed by atoms with Gasteiger partial charge in [-0.3, -0.25) is 0 Å². The number of benzene rings is 2. The van der Waals surface area contributed by atoms with Crippen LogP contribution in [0.25, 0.3) is 6.08 Å². The largest absolute Gasteiger partial charge is 0.0608 e. The van der Waals surface area contributed by atoms with Gasteiger partial charge in [0.25, 0.3) is 0 Å². The van der Waals surface area contributed by atoms with E-state index in [0.29, 0.717) is 5.92 Å². The Kier molecular flexibility index (Phi) is 2.82. The van der Waals surface area contributed by atoms with Gasteiger partial charge in [-0.05, 0) is 44.4 Å². The van der Waals surface area contributed by atoms with Gasteiger partial charge >= 0.3 is 0 Å². The van der Waals surface area contributed by atoms with Crippen molar-refractivity contribution in [2.24, 2.45) is 0 Å². The minimum absolute atomic E-state index is 0.439. The summed E-state index contributed by atoms with van der Waals surface area (Å²) in [6, 6.07) is 13.7. The molecular formula is C19H20. The van der Waals surface area contributed by atoms with Crippen LogP contribution in [0.4, 0.5) is 0 Å². The molecule has 0 amide bonds. The molecular weight excluding hydrogens is 228 g/mol. The Hall–Kier alpha value is -1.82. The minimum atomic E-state index is 0.439. The van der Waals surface area contributed by atoms with Gasteiger partial charge in [0.15, 0.2) is 0 Å². The maximum atomic E-state index is 2.34. The van der Waals surface area contributed by atoms with Crippen LogP contribution < -0.4 is 0 Å². The molecule has 0 saturated carbocycles. The average Bonchev–Trinajstić information content (AvgIpc) is 2.62. The van der Waals surface area contributed by atoms with Crippen molar-refractivity contribution >= 4 is 6.08 Å². The lowest BCUT2D eigenvalue weighted by Gasteiger charge is -2.17. The molecule has 0 saturated heterocycles. The number of hydrogen-bond donors (Lipinski definition) is 0. The van der Waals surface area contributed by atoms with Crippen molar-refractivity contribution in [3.8, 4) is 0 Å². The van der Waals surface area contributed by atoms with Crippen LogP contribution >= 0.6 is 0 Å². The smallest absolute Gasteiger partial charge is 0.0305 e. The van der Waals surface area contributed by atoms with E-state index in [-0.39, 0.29) is 0 Å². The highest BCUT2D eigenvalue weighted by Crippen LogP contribution is 2.41. The first-order chi connectivity index (χ1) is 9.04. The first-order valence-corrected chi connectivity index (χ1v) is 6.91. The topological polar surface area (TPSA) is 0 Å². The van der Waals surface area contributed by atoms with Crippen LogP contribution in [-0.2, 0) is 0 Å². The summed E-state index contributed by atoms with van der Waals surface area (Å²) in [5.74, 6) is 0.439. The van der Waals surface area contributed by atoms with E-state index in [0.717, 1.165) is 0 Å². The van der Waals surface area contributed by atoms with Crippen LogP contribution in [0.2, 0.25) is 0 Å². The molecule has 3 rings (SSSR count). The fraction of sp³-hybridized carbons (Fsp3) is 0.263. The van der Waals surface area contributed by atoms with Crippen molar-refractivity contribution in [2.45, 2.75) is 33.6 Å². The Labute approximate surface area is 115 Å². The zero-order valence-electron chi connectivity index (χ0n) is 12.1. The van der Waals surface area contributed by atoms with Gasteiger partial charge < -0.3 is 0 Å². The molecule has 0 aliphatic heterocycles. The van der Waals surface area contributed by atoms with Crippen LogP contribution in [0.3, 0.4) is 0 Å². The second-order valence-corrected chi connectivity index (χ2v) is 5.87. The minimum Gasteiger partial charge on any atom is -0.0608 e. The third-order valence-electron chi connectivity index (χ3n) is 3.97. The average molecular weight is 248 g/mol. The lowest BCUT2D eigenvalue weighted by Crippen LogP contribution is -2.00. The fourth-order valence-electron chi connectivity index (χ4n) is 3.27. The predicted octanol–water partition coefficient (Wildman–Crippen LogP) is 5.16. The van der Waals surface area contributed by atoms with Gasteiger partial charge in [-0.15, -0.1) is 0 Å². The molecule has 0 spiro atoms. The maximum absolute atomic E-state index is 2.34. The van der Waals surface area contributed by atoms with E-state index in [1.807, 2.05) is 0 Å². The highest BCUT2D eigenvalue weighted by molar-refractivity contribution is 5.69. The summed E-state index contributed by atoms with van der Waals surface area (Å²) in [6.45, 7) is 8.77. The van der Waals surface area contributed by atoms with Crippen LogP contribution in [0.15, 0.2) is 42.0 Å². The molecule has 2 aromatic rings. The van der Waals surface area contributed by atoms with Gasteiger partial charge in [0.05, 0.1) is 0 Å². The molecule has 0 N–H and O–H groups in total. The van der Waals surface area contributed by atoms with Crippen LogP contribution in [0, 0.1) is 20.8 Å². The summed E-state index contributed by atoms with van der Waals surface area (Å²) in [7, 11) is 0. The van der Waals surface area contributed by atoms with Crippen molar-refractivity contribution in [1.82, 2.24) is 0 Å². The molecule has 0 heterocycles. The molecule has 1 aliphatic rings. The van der Waals surface area contributed by atoms with Crippen molar-refractivity contribution in [2.75, 3.05) is 0 Å². The monoisotopic (exact) mass is 248 g/mol. The Balaban J connectivity index is 2.15. The fourth-order valence-corrected chi connectivity index (χ4v) is 3.27. The van der Waals surface area contributed by atoms with Crippen molar-refractivity contribution < 1.29 is 0 Å². The Morgan fingerprint density at radius 1 is 0.737 bits per heavy atom. The van der Waals surface area contributed by atoms with Crippen LogP contribution in [0.1, 0.15) is 46.2 Å². The number of fused-ring (bicyclic) bond motifs is 1. The maximum Gasteiger partial charge on any atom is 0.0305 e. The van der Waals surface area contributed by atoms with Gasteiger partial charge in [0.1, 0.15) is 0 Å². The molecule has 0 nitrogen and oxygen atoms in total. The molecule has 1 unspecified atom stereocenters. The summed E-state index contributed by atoms with van der Waals surface area (Å²) in [5.41, 5.74) is 9.75. The van der Waals surface area contributed by atoms with Crippen molar-refractivity contribution in [3.63, 3.8) is 0 Å². The first-order valence-electron chi connectivity index (χ1n) is 6.91. The molecule has 0 aromatic heterocycles. The summed E-state index contributed by atoms with van der Waals surface area (Å²) in [4.78, 5) is 0. The van der Waals surface area contributed by atoms with E-state index in [4.69, 9.17) is 0 Å². The number of aryl methyl sites for hydroxylation is 3. The summed E-state index contributed by atoms with van der Waals surface area (Å²) >= 11 is 0. The molecule has 0 radical (unpaired) electrons. The zero-order chi connectivity index (χ0) is 13.6. The number of rotatable bonds is 1. The third-order valence-corrected chi connectivity index (χ3v) is 3.97. The van der Waals surface area contributed by atoms with E-state index < -0.39 is 0 Å². The number of allylic oxidation sites excluding steroid dienone is 1. The highest BCUT2D eigenvalue weighted by Gasteiger charge is 2.24. The van der Waals surface area contributed by atoms with Crippen molar-refractivity contribution in [3.05, 3.63) is 75.4 Å². The molecule has 96 valence electrons. The molecule has 0 fully saturated rings. The van der Waals surface area contributed by atoms with Gasteiger partial charge in [0.2, 0.25) is 0 Å². The molecule has 2 aromatic carbocycles. The van der Waals surface area contributed by atoms with Gasteiger partial charge in [-0.25, -0.2) is 0 Å². The van der Waals surface area contributed by atoms with Crippen LogP contribution in [-0.4, -0.2) is 0 Å². The van der Waals surface area contributed by atoms with E-state index in [1.54, 1.807) is 0 Å². The molecule has 1 aliphatic carbocycles. The van der Waals surface area contributed by atoms with Gasteiger partial charge in [0, 0.05) is 5.92 Å². The van der Waals surface area contributed by atoms with Crippen LogP contribution in [0.5, 0.6) is 0 Å². The number of hydrogen-bond acceptors (Lipinski definition) is 0. The molecule has 0 heteroatoms. The predicted molar refractivity (Wildman–Crippen MR) is 82.6 cm³/mol. The quantitative estimate of drug-likeness (QED) is 0.654. The lowest BCUT2D eigenvalue weighted by molar-refractivity contribution is 0.969. The molecule has 0 bridgehead atoms. The normalized spacial score (nSPS) is 17.3. The second kappa shape index (κ2) is 4.38. The van der Waals surface area contributed by atoms with E-state index in [2.05, 4.69) is 70.2 Å². The summed E-state index contributed by atoms with van der Waals surface area (Å²) < 4.78 is 0. The van der Waals surface area contributed by atoms with Gasteiger partial charge in [-0.2, -0.15) is 0 Å². The standard InChI is InChI=1S/C19H20/c1-12-5-6-18-16(8-12)11-15(4)19(18)17-9-13(2)7-14(3)10-17/h5-11,19H,1-4H3. The van der Waals surface area contributed by atoms with Gasteiger partial charge in [-0.1, -0.05) is 64.7 Å². The lowest BCUT2D eigenvalue weighted by atomic mass is 9.87.